The molecule has 3 N–H and O–H groups in total. The lowest BCUT2D eigenvalue weighted by Gasteiger charge is -2.10. The highest BCUT2D eigenvalue weighted by Crippen LogP contribution is 1.93. The van der Waals surface area contributed by atoms with E-state index >= 15 is 0 Å². The zero-order valence-corrected chi connectivity index (χ0v) is 11.1. The Labute approximate surface area is 105 Å². The number of nitrogens with two attached hydrogens (primary N) is 1. The van der Waals surface area contributed by atoms with E-state index in [1.807, 2.05) is 6.92 Å². The number of rotatable bonds is 9. The summed E-state index contributed by atoms with van der Waals surface area (Å²) >= 11 is 0. The molecule has 4 nitrogen and oxygen atoms in total. The van der Waals surface area contributed by atoms with Crippen LogP contribution < -0.4 is 11.1 Å². The van der Waals surface area contributed by atoms with E-state index in [0.717, 1.165) is 12.8 Å². The molecule has 1 unspecified atom stereocenters. The van der Waals surface area contributed by atoms with Crippen LogP contribution in [0.5, 0.6) is 0 Å². The van der Waals surface area contributed by atoms with Crippen LogP contribution in [0.25, 0.3) is 0 Å². The molecule has 0 rings (SSSR count). The molecular formula is C11H25ClN2O2. The van der Waals surface area contributed by atoms with E-state index in [-0.39, 0.29) is 24.9 Å². The maximum absolute atomic E-state index is 11.2. The van der Waals surface area contributed by atoms with Crippen molar-refractivity contribution in [1.82, 2.24) is 5.32 Å². The Bertz CT molecular complexity index is 168. The van der Waals surface area contributed by atoms with Crippen molar-refractivity contribution in [2.24, 2.45) is 11.7 Å². The molecular weight excluding hydrogens is 228 g/mol. The van der Waals surface area contributed by atoms with Crippen molar-refractivity contribution < 1.29 is 9.53 Å². The number of carbonyl (C=O) groups excluding carboxylic acids is 1. The van der Waals surface area contributed by atoms with Crippen LogP contribution in [0.15, 0.2) is 0 Å². The Balaban J connectivity index is 0. The summed E-state index contributed by atoms with van der Waals surface area (Å²) in [5.41, 5.74) is 5.43. The molecule has 16 heavy (non-hydrogen) atoms. The van der Waals surface area contributed by atoms with Gasteiger partial charge in [-0.3, -0.25) is 4.79 Å². The molecule has 0 aromatic carbocycles. The lowest BCUT2D eigenvalue weighted by atomic mass is 10.2. The van der Waals surface area contributed by atoms with Crippen molar-refractivity contribution in [2.75, 3.05) is 26.3 Å². The van der Waals surface area contributed by atoms with E-state index in [1.54, 1.807) is 0 Å². The zero-order valence-electron chi connectivity index (χ0n) is 10.3. The minimum atomic E-state index is -0.0493. The van der Waals surface area contributed by atoms with Crippen molar-refractivity contribution in [2.45, 2.75) is 33.1 Å². The van der Waals surface area contributed by atoms with Crippen LogP contribution in [-0.4, -0.2) is 32.2 Å². The van der Waals surface area contributed by atoms with Gasteiger partial charge in [0.05, 0.1) is 0 Å². The molecule has 0 saturated carbocycles. The van der Waals surface area contributed by atoms with E-state index < -0.39 is 0 Å². The Morgan fingerprint density at radius 2 is 2.12 bits per heavy atom. The van der Waals surface area contributed by atoms with Gasteiger partial charge in [-0.25, -0.2) is 0 Å². The molecule has 0 heterocycles. The van der Waals surface area contributed by atoms with E-state index in [1.165, 1.54) is 6.42 Å². The van der Waals surface area contributed by atoms with Crippen LogP contribution >= 0.6 is 12.4 Å². The number of amides is 1. The van der Waals surface area contributed by atoms with E-state index in [9.17, 15) is 4.79 Å². The van der Waals surface area contributed by atoms with Gasteiger partial charge in [-0.1, -0.05) is 26.7 Å². The Hall–Kier alpha value is -0.320. The first-order valence-electron chi connectivity index (χ1n) is 5.75. The Kier molecular flexibility index (Phi) is 14.4. The summed E-state index contributed by atoms with van der Waals surface area (Å²) in [6, 6.07) is 0. The summed E-state index contributed by atoms with van der Waals surface area (Å²) in [5.74, 6) is 0.279. The normalized spacial score (nSPS) is 11.7. The quantitative estimate of drug-likeness (QED) is 0.609. The smallest absolute Gasteiger partial charge is 0.246 e. The molecule has 0 aromatic heterocycles. The van der Waals surface area contributed by atoms with Crippen molar-refractivity contribution in [1.29, 1.82) is 0 Å². The molecule has 1 atom stereocenters. The third kappa shape index (κ3) is 11.8. The standard InChI is InChI=1S/C11H24N2O2.ClH/c1-3-4-5-6-15-9-11(14)13-8-10(2)7-12;/h10H,3-9,12H2,1-2H3,(H,13,14);1H. The van der Waals surface area contributed by atoms with Gasteiger partial charge in [-0.15, -0.1) is 12.4 Å². The molecule has 1 amide bonds. The summed E-state index contributed by atoms with van der Waals surface area (Å²) in [7, 11) is 0. The molecule has 0 aromatic rings. The highest BCUT2D eigenvalue weighted by molar-refractivity contribution is 5.85. The van der Waals surface area contributed by atoms with Crippen molar-refractivity contribution >= 4 is 18.3 Å². The lowest BCUT2D eigenvalue weighted by Crippen LogP contribution is -2.33. The number of halogens is 1. The fraction of sp³-hybridized carbons (Fsp3) is 0.909. The van der Waals surface area contributed by atoms with Crippen LogP contribution in [0.1, 0.15) is 33.1 Å². The highest BCUT2D eigenvalue weighted by atomic mass is 35.5. The molecule has 0 spiro atoms. The van der Waals surface area contributed by atoms with E-state index in [0.29, 0.717) is 25.6 Å². The van der Waals surface area contributed by atoms with Crippen molar-refractivity contribution in [3.63, 3.8) is 0 Å². The number of carbonyl (C=O) groups is 1. The predicted octanol–water partition coefficient (Wildman–Crippen LogP) is 1.33. The Morgan fingerprint density at radius 1 is 1.44 bits per heavy atom. The largest absolute Gasteiger partial charge is 0.372 e. The monoisotopic (exact) mass is 252 g/mol. The number of hydrogen-bond acceptors (Lipinski definition) is 3. The lowest BCUT2D eigenvalue weighted by molar-refractivity contribution is -0.125. The molecule has 5 heteroatoms. The van der Waals surface area contributed by atoms with Gasteiger partial charge < -0.3 is 15.8 Å². The number of unbranched alkanes of at least 4 members (excludes halogenated alkanes) is 2. The number of hydrogen-bond donors (Lipinski definition) is 2. The molecule has 0 bridgehead atoms. The van der Waals surface area contributed by atoms with Crippen LogP contribution in [0.3, 0.4) is 0 Å². The van der Waals surface area contributed by atoms with Crippen LogP contribution in [0, 0.1) is 5.92 Å². The van der Waals surface area contributed by atoms with Crippen LogP contribution in [0.4, 0.5) is 0 Å². The fourth-order valence-electron chi connectivity index (χ4n) is 1.04. The second-order valence-electron chi connectivity index (χ2n) is 3.90. The molecule has 0 aliphatic heterocycles. The minimum absolute atomic E-state index is 0. The summed E-state index contributed by atoms with van der Waals surface area (Å²) < 4.78 is 5.22. The van der Waals surface area contributed by atoms with Gasteiger partial charge >= 0.3 is 0 Å². The molecule has 0 saturated heterocycles. The van der Waals surface area contributed by atoms with Gasteiger partial charge in [0.25, 0.3) is 0 Å². The fourth-order valence-corrected chi connectivity index (χ4v) is 1.04. The first kappa shape index (κ1) is 18.1. The average Bonchev–Trinajstić information content (AvgIpc) is 2.25. The van der Waals surface area contributed by atoms with Gasteiger partial charge in [0.15, 0.2) is 0 Å². The van der Waals surface area contributed by atoms with Crippen molar-refractivity contribution in [3.05, 3.63) is 0 Å². The van der Waals surface area contributed by atoms with Crippen molar-refractivity contribution in [3.8, 4) is 0 Å². The Morgan fingerprint density at radius 3 is 2.69 bits per heavy atom. The summed E-state index contributed by atoms with van der Waals surface area (Å²) in [5, 5.41) is 2.78. The van der Waals surface area contributed by atoms with Gasteiger partial charge in [-0.05, 0) is 18.9 Å². The maximum atomic E-state index is 11.2. The highest BCUT2D eigenvalue weighted by Gasteiger charge is 2.03. The third-order valence-electron chi connectivity index (χ3n) is 2.18. The summed E-state index contributed by atoms with van der Waals surface area (Å²) in [4.78, 5) is 11.2. The number of nitrogens with one attached hydrogen (secondary N) is 1. The predicted molar refractivity (Wildman–Crippen MR) is 68.8 cm³/mol. The van der Waals surface area contributed by atoms with Gasteiger partial charge in [-0.2, -0.15) is 0 Å². The number of ether oxygens (including phenoxy) is 1. The molecule has 0 radical (unpaired) electrons. The van der Waals surface area contributed by atoms with Crippen LogP contribution in [0.2, 0.25) is 0 Å². The first-order valence-corrected chi connectivity index (χ1v) is 5.75. The second kappa shape index (κ2) is 12.7. The van der Waals surface area contributed by atoms with E-state index in [4.69, 9.17) is 10.5 Å². The topological polar surface area (TPSA) is 64.3 Å². The summed E-state index contributed by atoms with van der Waals surface area (Å²) in [6.07, 6.45) is 3.36. The first-order chi connectivity index (χ1) is 7.20. The molecule has 0 fully saturated rings. The second-order valence-corrected chi connectivity index (χ2v) is 3.90. The van der Waals surface area contributed by atoms with E-state index in [2.05, 4.69) is 12.2 Å². The van der Waals surface area contributed by atoms with Crippen LogP contribution in [-0.2, 0) is 9.53 Å². The molecule has 0 aliphatic carbocycles. The zero-order chi connectivity index (χ0) is 11.5. The van der Waals surface area contributed by atoms with Gasteiger partial charge in [0.1, 0.15) is 6.61 Å². The third-order valence-corrected chi connectivity index (χ3v) is 2.18. The minimum Gasteiger partial charge on any atom is -0.372 e. The SMILES string of the molecule is CCCCCOCC(=O)NCC(C)CN.Cl. The summed E-state index contributed by atoms with van der Waals surface area (Å²) in [6.45, 7) is 6.21. The van der Waals surface area contributed by atoms with Gasteiger partial charge in [0.2, 0.25) is 5.91 Å². The average molecular weight is 253 g/mol. The maximum Gasteiger partial charge on any atom is 0.246 e. The van der Waals surface area contributed by atoms with Gasteiger partial charge in [0, 0.05) is 13.2 Å². The molecule has 0 aliphatic rings. The molecule has 98 valence electrons.